The number of methoxy groups -OCH3 is 2. The van der Waals surface area contributed by atoms with Gasteiger partial charge in [0, 0.05) is 27.6 Å². The first-order valence-corrected chi connectivity index (χ1v) is 19.7. The van der Waals surface area contributed by atoms with Crippen LogP contribution in [0.3, 0.4) is 0 Å². The van der Waals surface area contributed by atoms with Crippen molar-refractivity contribution in [3.05, 3.63) is 36.1 Å². The molecule has 4 rings (SSSR count). The van der Waals surface area contributed by atoms with E-state index in [1.165, 1.54) is 23.4 Å². The number of anilines is 1. The molecule has 1 N–H and O–H groups in total. The van der Waals surface area contributed by atoms with Crippen molar-refractivity contribution in [2.75, 3.05) is 38.2 Å². The van der Waals surface area contributed by atoms with E-state index in [1.807, 2.05) is 6.92 Å². The van der Waals surface area contributed by atoms with Crippen LogP contribution in [-0.4, -0.2) is 92.4 Å². The fourth-order valence-corrected chi connectivity index (χ4v) is 7.74. The summed E-state index contributed by atoms with van der Waals surface area (Å²) in [6, 6.07) is 9.05. The average Bonchev–Trinajstić information content (AvgIpc) is 3.58. The number of benzene rings is 1. The highest BCUT2D eigenvalue weighted by Gasteiger charge is 2.39. The lowest BCUT2D eigenvalue weighted by atomic mass is 10.0. The molecule has 0 spiro atoms. The largest absolute Gasteiger partial charge is 0.494 e. The number of piperidine rings is 1. The van der Waals surface area contributed by atoms with E-state index in [9.17, 15) is 18.3 Å². The number of sulfonamides is 1. The number of hydrogen-bond acceptors (Lipinski definition) is 9. The number of rotatable bonds is 13. The van der Waals surface area contributed by atoms with Crippen LogP contribution >= 0.6 is 0 Å². The Kier molecular flexibility index (Phi) is 9.92. The van der Waals surface area contributed by atoms with E-state index in [4.69, 9.17) is 13.9 Å². The van der Waals surface area contributed by atoms with E-state index >= 15 is 0 Å². The molecule has 0 aliphatic carbocycles. The molecule has 1 aromatic carbocycles. The van der Waals surface area contributed by atoms with Crippen LogP contribution in [0, 0.1) is 6.92 Å². The van der Waals surface area contributed by atoms with E-state index in [0.29, 0.717) is 54.0 Å². The maximum Gasteiger partial charge on any atom is 0.246 e. The maximum absolute atomic E-state index is 14.5. The zero-order valence-electron chi connectivity index (χ0n) is 26.0. The number of nitrogens with zero attached hydrogens (tertiary/aromatic N) is 5. The predicted octanol–water partition coefficient (Wildman–Crippen LogP) is 4.09. The van der Waals surface area contributed by atoms with Gasteiger partial charge in [0.25, 0.3) is 0 Å². The number of carbonyl (C=O) groups is 1. The van der Waals surface area contributed by atoms with Crippen LogP contribution in [0.15, 0.2) is 34.7 Å². The molecule has 1 aliphatic rings. The average molecular weight is 634 g/mol. The first-order valence-electron chi connectivity index (χ1n) is 14.5. The summed E-state index contributed by atoms with van der Waals surface area (Å²) >= 11 is 0. The number of aliphatic hydroxyl groups is 1. The molecule has 0 radical (unpaired) electrons. The summed E-state index contributed by atoms with van der Waals surface area (Å²) in [6.07, 6.45) is 1.63. The van der Waals surface area contributed by atoms with Gasteiger partial charge in [-0.1, -0.05) is 25.7 Å². The molecule has 1 aliphatic heterocycles. The van der Waals surface area contributed by atoms with Crippen molar-refractivity contribution >= 4 is 30.0 Å². The van der Waals surface area contributed by atoms with Gasteiger partial charge in [0.1, 0.15) is 22.9 Å². The van der Waals surface area contributed by atoms with E-state index in [2.05, 4.69) is 29.8 Å². The summed E-state index contributed by atoms with van der Waals surface area (Å²) in [6.45, 7) is 9.81. The molecule has 0 bridgehead atoms. The molecule has 12 nitrogen and oxygen atoms in total. The van der Waals surface area contributed by atoms with Crippen LogP contribution < -0.4 is 13.8 Å². The van der Waals surface area contributed by atoms with Crippen molar-refractivity contribution in [2.45, 2.75) is 70.1 Å². The third-order valence-electron chi connectivity index (χ3n) is 7.69. The molecule has 43 heavy (non-hydrogen) atoms. The Labute approximate surface area is 254 Å². The molecule has 1 unspecified atom stereocenters. The van der Waals surface area contributed by atoms with Crippen molar-refractivity contribution in [1.29, 1.82) is 0 Å². The minimum absolute atomic E-state index is 0.0494. The fraction of sp³-hybridized carbons (Fsp3) is 0.552. The Balaban J connectivity index is 1.91. The van der Waals surface area contributed by atoms with Crippen molar-refractivity contribution in [3.8, 4) is 28.8 Å². The molecular formula is C29H43N5O7SSi. The molecule has 2 aromatic heterocycles. The number of aliphatic hydroxyl groups excluding tert-OH is 1. The smallest absolute Gasteiger partial charge is 0.246 e. The van der Waals surface area contributed by atoms with Gasteiger partial charge in [0.15, 0.2) is 5.76 Å². The molecular weight excluding hydrogens is 591 g/mol. The predicted molar refractivity (Wildman–Crippen MR) is 167 cm³/mol. The molecule has 3 heterocycles. The summed E-state index contributed by atoms with van der Waals surface area (Å²) in [4.78, 5) is 14.3. The number of aromatic nitrogens is 3. The van der Waals surface area contributed by atoms with Gasteiger partial charge >= 0.3 is 0 Å². The lowest BCUT2D eigenvalue weighted by Crippen LogP contribution is -2.52. The van der Waals surface area contributed by atoms with Crippen molar-refractivity contribution in [3.63, 3.8) is 0 Å². The van der Waals surface area contributed by atoms with E-state index < -0.39 is 29.4 Å². The van der Waals surface area contributed by atoms with Gasteiger partial charge in [-0.25, -0.2) is 12.7 Å². The zero-order valence-corrected chi connectivity index (χ0v) is 27.8. The van der Waals surface area contributed by atoms with Crippen LogP contribution in [0.4, 0.5) is 5.95 Å². The highest BCUT2D eigenvalue weighted by Crippen LogP contribution is 2.39. The van der Waals surface area contributed by atoms with Crippen LogP contribution in [-0.2, 0) is 14.8 Å². The molecule has 0 saturated carbocycles. The lowest BCUT2D eigenvalue weighted by molar-refractivity contribution is -0.137. The highest BCUT2D eigenvalue weighted by molar-refractivity contribution is 7.93. The van der Waals surface area contributed by atoms with Crippen LogP contribution in [0.1, 0.15) is 31.9 Å². The molecule has 3 aromatic rings. The number of amides is 1. The number of aryl methyl sites for hydroxylation is 1. The SMILES string of the molecule is COc1cccc(OC)c1-n1c(-c2ccc(C)o2)nnc1N(CC[Si](C)(C)C)S(=O)(=O)C(C)CN1C(=O)CCC[C@@H]1CO. The quantitative estimate of drug-likeness (QED) is 0.276. The molecule has 1 saturated heterocycles. The van der Waals surface area contributed by atoms with E-state index in [-0.39, 0.29) is 37.4 Å². The zero-order chi connectivity index (χ0) is 31.5. The number of para-hydroxylation sites is 1. The third-order valence-corrected chi connectivity index (χ3v) is 11.5. The second kappa shape index (κ2) is 13.1. The molecule has 14 heteroatoms. The summed E-state index contributed by atoms with van der Waals surface area (Å²) < 4.78 is 49.3. The summed E-state index contributed by atoms with van der Waals surface area (Å²) in [5.41, 5.74) is 0.420. The van der Waals surface area contributed by atoms with Gasteiger partial charge in [-0.2, -0.15) is 0 Å². The third kappa shape index (κ3) is 6.91. The van der Waals surface area contributed by atoms with Crippen LogP contribution in [0.25, 0.3) is 17.3 Å². The Morgan fingerprint density at radius 2 is 1.81 bits per heavy atom. The van der Waals surface area contributed by atoms with Crippen molar-refractivity contribution < 1.29 is 32.2 Å². The second-order valence-electron chi connectivity index (χ2n) is 12.1. The van der Waals surface area contributed by atoms with Gasteiger partial charge in [0.05, 0.1) is 32.1 Å². The van der Waals surface area contributed by atoms with E-state index in [0.717, 1.165) is 0 Å². The first-order chi connectivity index (χ1) is 20.3. The highest BCUT2D eigenvalue weighted by atomic mass is 32.2. The molecule has 1 fully saturated rings. The minimum Gasteiger partial charge on any atom is -0.494 e. The minimum atomic E-state index is -4.12. The molecule has 236 valence electrons. The number of carbonyl (C=O) groups excluding carboxylic acids is 1. The Morgan fingerprint density at radius 3 is 2.37 bits per heavy atom. The van der Waals surface area contributed by atoms with Crippen LogP contribution in [0.5, 0.6) is 11.5 Å². The monoisotopic (exact) mass is 633 g/mol. The van der Waals surface area contributed by atoms with E-state index in [1.54, 1.807) is 41.8 Å². The summed E-state index contributed by atoms with van der Waals surface area (Å²) in [7, 11) is -2.83. The van der Waals surface area contributed by atoms with Crippen molar-refractivity contribution in [2.24, 2.45) is 0 Å². The Bertz CT molecular complexity index is 1510. The molecule has 1 amide bonds. The van der Waals surface area contributed by atoms with Gasteiger partial charge < -0.3 is 23.9 Å². The van der Waals surface area contributed by atoms with Gasteiger partial charge in [-0.15, -0.1) is 10.2 Å². The normalized spacial score (nSPS) is 16.8. The van der Waals surface area contributed by atoms with Gasteiger partial charge in [-0.05, 0) is 57.0 Å². The lowest BCUT2D eigenvalue weighted by Gasteiger charge is -2.37. The van der Waals surface area contributed by atoms with Gasteiger partial charge in [0.2, 0.25) is 27.7 Å². The first kappa shape index (κ1) is 32.5. The number of ether oxygens (including phenoxy) is 2. The van der Waals surface area contributed by atoms with Crippen LogP contribution in [0.2, 0.25) is 25.7 Å². The van der Waals surface area contributed by atoms with Gasteiger partial charge in [-0.3, -0.25) is 9.36 Å². The second-order valence-corrected chi connectivity index (χ2v) is 20.0. The summed E-state index contributed by atoms with van der Waals surface area (Å²) in [5, 5.41) is 17.8. The number of furan rings is 1. The number of likely N-dealkylation sites (tertiary alicyclic amines) is 1. The molecule has 2 atom stereocenters. The van der Waals surface area contributed by atoms with Crippen molar-refractivity contribution in [1.82, 2.24) is 19.7 Å². The number of hydrogen-bond donors (Lipinski definition) is 1. The summed E-state index contributed by atoms with van der Waals surface area (Å²) in [5.74, 6) is 2.07. The Hall–Kier alpha value is -3.36. The Morgan fingerprint density at radius 1 is 1.14 bits per heavy atom. The maximum atomic E-state index is 14.5. The fourth-order valence-electron chi connectivity index (χ4n) is 5.21. The standard InChI is InChI=1S/C29H43N5O7SSi/c1-20-14-15-25(41-20)28-30-31-29(34(28)27-23(39-3)11-9-12-24(27)40-4)33(16-17-43(5,6)7)42(37,38)21(2)18-32-22(19-35)10-8-13-26(32)36/h9,11-12,14-15,21-22,35H,8,10,13,16-19H2,1-7H3/t21?,22-/m1/s1. The topological polar surface area (TPSA) is 140 Å².